The molecule has 0 atom stereocenters. The molecule has 0 amide bonds. The molecule has 0 unspecified atom stereocenters. The van der Waals surface area contributed by atoms with Gasteiger partial charge >= 0.3 is 0 Å². The van der Waals surface area contributed by atoms with Gasteiger partial charge in [0.15, 0.2) is 4.77 Å². The van der Waals surface area contributed by atoms with E-state index in [1.807, 2.05) is 29.0 Å². The van der Waals surface area contributed by atoms with Crippen molar-refractivity contribution in [3.8, 4) is 17.2 Å². The van der Waals surface area contributed by atoms with Crippen molar-refractivity contribution in [2.24, 2.45) is 0 Å². The topological polar surface area (TPSA) is 39.2 Å². The molecule has 0 radical (unpaired) electrons. The van der Waals surface area contributed by atoms with Crippen molar-refractivity contribution >= 4 is 12.2 Å². The number of imidazole rings is 1. The fourth-order valence-corrected chi connectivity index (χ4v) is 2.15. The van der Waals surface area contributed by atoms with E-state index in [1.165, 1.54) is 0 Å². The van der Waals surface area contributed by atoms with Gasteiger partial charge in [0.05, 0.1) is 19.9 Å². The number of nitrogens with one attached hydrogen (secondary N) is 1. The minimum absolute atomic E-state index is 0.669. The van der Waals surface area contributed by atoms with Crippen LogP contribution in [0.4, 0.5) is 0 Å². The van der Waals surface area contributed by atoms with E-state index >= 15 is 0 Å². The third-order valence-electron chi connectivity index (χ3n) is 2.81. The van der Waals surface area contributed by atoms with Crippen LogP contribution in [0.3, 0.4) is 0 Å². The van der Waals surface area contributed by atoms with E-state index in [0.717, 1.165) is 29.3 Å². The van der Waals surface area contributed by atoms with Gasteiger partial charge in [0.25, 0.3) is 0 Å². The van der Waals surface area contributed by atoms with Crippen molar-refractivity contribution in [1.82, 2.24) is 9.55 Å². The van der Waals surface area contributed by atoms with Gasteiger partial charge in [-0.05, 0) is 18.6 Å². The summed E-state index contributed by atoms with van der Waals surface area (Å²) in [5.74, 6) is 1.49. The van der Waals surface area contributed by atoms with E-state index < -0.39 is 0 Å². The zero-order chi connectivity index (χ0) is 13.1. The molecule has 0 aliphatic heterocycles. The predicted molar refractivity (Wildman–Crippen MR) is 73.4 cm³/mol. The van der Waals surface area contributed by atoms with Crippen molar-refractivity contribution in [3.05, 3.63) is 34.9 Å². The second kappa shape index (κ2) is 5.27. The number of benzene rings is 1. The Morgan fingerprint density at radius 3 is 2.28 bits per heavy atom. The van der Waals surface area contributed by atoms with Crippen molar-refractivity contribution in [2.45, 2.75) is 13.3 Å². The van der Waals surface area contributed by atoms with Gasteiger partial charge in [-0.3, -0.25) is 4.57 Å². The second-order valence-electron chi connectivity index (χ2n) is 3.84. The Balaban J connectivity index is 2.62. The number of nitrogens with zero attached hydrogens (tertiary/aromatic N) is 1. The summed E-state index contributed by atoms with van der Waals surface area (Å²) in [6.45, 7) is 2.09. The van der Waals surface area contributed by atoms with Gasteiger partial charge < -0.3 is 14.5 Å². The summed E-state index contributed by atoms with van der Waals surface area (Å²) in [6.07, 6.45) is 2.82. The van der Waals surface area contributed by atoms with Gasteiger partial charge in [-0.25, -0.2) is 0 Å². The molecule has 0 aliphatic carbocycles. The number of rotatable bonds is 4. The van der Waals surface area contributed by atoms with Crippen LogP contribution in [0, 0.1) is 4.77 Å². The number of ether oxygens (including phenoxy) is 2. The summed E-state index contributed by atoms with van der Waals surface area (Å²) in [5, 5.41) is 0. The third kappa shape index (κ3) is 2.26. The highest BCUT2D eigenvalue weighted by Gasteiger charge is 2.08. The molecule has 0 fully saturated rings. The number of H-pyrrole nitrogens is 1. The molecule has 0 aliphatic rings. The average molecular weight is 264 g/mol. The van der Waals surface area contributed by atoms with Crippen LogP contribution in [-0.2, 0) is 6.42 Å². The molecule has 18 heavy (non-hydrogen) atoms. The maximum Gasteiger partial charge on any atom is 0.182 e. The van der Waals surface area contributed by atoms with Crippen molar-refractivity contribution in [3.63, 3.8) is 0 Å². The van der Waals surface area contributed by atoms with E-state index in [1.54, 1.807) is 14.2 Å². The minimum Gasteiger partial charge on any atom is -0.497 e. The highest BCUT2D eigenvalue weighted by molar-refractivity contribution is 7.71. The first-order valence-corrected chi connectivity index (χ1v) is 6.13. The number of aromatic nitrogens is 2. The van der Waals surface area contributed by atoms with Crippen LogP contribution in [0.1, 0.15) is 12.6 Å². The van der Waals surface area contributed by atoms with Gasteiger partial charge in [-0.15, -0.1) is 0 Å². The molecule has 5 heteroatoms. The average Bonchev–Trinajstić information content (AvgIpc) is 2.79. The Morgan fingerprint density at radius 2 is 1.78 bits per heavy atom. The number of hydrogen-bond donors (Lipinski definition) is 1. The molecule has 0 saturated heterocycles. The Kier molecular flexibility index (Phi) is 3.72. The maximum atomic E-state index is 5.31. The Bertz CT molecular complexity index is 579. The van der Waals surface area contributed by atoms with E-state index in [0.29, 0.717) is 4.77 Å². The largest absolute Gasteiger partial charge is 0.497 e. The normalized spacial score (nSPS) is 10.4. The van der Waals surface area contributed by atoms with E-state index in [2.05, 4.69) is 11.9 Å². The monoisotopic (exact) mass is 264 g/mol. The van der Waals surface area contributed by atoms with Crippen molar-refractivity contribution in [1.29, 1.82) is 0 Å². The maximum absolute atomic E-state index is 5.31. The molecule has 2 aromatic rings. The van der Waals surface area contributed by atoms with Gasteiger partial charge in [-0.2, -0.15) is 0 Å². The fraction of sp³-hybridized carbons (Fsp3) is 0.308. The number of hydrogen-bond acceptors (Lipinski definition) is 3. The van der Waals surface area contributed by atoms with Crippen LogP contribution in [0.25, 0.3) is 5.69 Å². The molecule has 1 aromatic heterocycles. The highest BCUT2D eigenvalue weighted by atomic mass is 32.1. The summed E-state index contributed by atoms with van der Waals surface area (Å²) < 4.78 is 13.2. The van der Waals surface area contributed by atoms with Crippen LogP contribution in [0.5, 0.6) is 11.5 Å². The molecule has 1 heterocycles. The van der Waals surface area contributed by atoms with Crippen LogP contribution < -0.4 is 9.47 Å². The predicted octanol–water partition coefficient (Wildman–Crippen LogP) is 3.11. The van der Waals surface area contributed by atoms with Crippen LogP contribution >= 0.6 is 12.2 Å². The lowest BCUT2D eigenvalue weighted by Gasteiger charge is -2.11. The molecule has 96 valence electrons. The lowest BCUT2D eigenvalue weighted by Crippen LogP contribution is -2.00. The van der Waals surface area contributed by atoms with E-state index in [4.69, 9.17) is 21.7 Å². The quantitative estimate of drug-likeness (QED) is 0.862. The Labute approximate surface area is 111 Å². The molecule has 0 bridgehead atoms. The lowest BCUT2D eigenvalue weighted by molar-refractivity contribution is 0.394. The summed E-state index contributed by atoms with van der Waals surface area (Å²) in [7, 11) is 3.27. The lowest BCUT2D eigenvalue weighted by atomic mass is 10.2. The standard InChI is InChI=1S/C13H16N2O2S/c1-4-9-8-14-13(18)15(9)10-5-11(16-2)7-12(6-10)17-3/h5-8H,4H2,1-3H3,(H,14,18). The van der Waals surface area contributed by atoms with Crippen molar-refractivity contribution in [2.75, 3.05) is 14.2 Å². The zero-order valence-electron chi connectivity index (χ0n) is 10.7. The smallest absolute Gasteiger partial charge is 0.182 e. The van der Waals surface area contributed by atoms with Crippen molar-refractivity contribution < 1.29 is 9.47 Å². The fourth-order valence-electron chi connectivity index (χ4n) is 1.87. The van der Waals surface area contributed by atoms with E-state index in [-0.39, 0.29) is 0 Å². The molecule has 1 N–H and O–H groups in total. The summed E-state index contributed by atoms with van der Waals surface area (Å²) in [5.41, 5.74) is 2.06. The Hall–Kier alpha value is -1.75. The van der Waals surface area contributed by atoms with Crippen LogP contribution in [0.15, 0.2) is 24.4 Å². The molecule has 4 nitrogen and oxygen atoms in total. The second-order valence-corrected chi connectivity index (χ2v) is 4.23. The third-order valence-corrected chi connectivity index (χ3v) is 3.11. The SMILES string of the molecule is CCc1c[nH]c(=S)n1-c1cc(OC)cc(OC)c1. The van der Waals surface area contributed by atoms with Gasteiger partial charge in [0.2, 0.25) is 0 Å². The molecule has 2 rings (SSSR count). The number of aromatic amines is 1. The summed E-state index contributed by atoms with van der Waals surface area (Å²) in [4.78, 5) is 3.06. The Morgan fingerprint density at radius 1 is 1.17 bits per heavy atom. The first kappa shape index (κ1) is 12.7. The highest BCUT2D eigenvalue weighted by Crippen LogP contribution is 2.26. The summed E-state index contributed by atoms with van der Waals surface area (Å²) >= 11 is 5.31. The van der Waals surface area contributed by atoms with Gasteiger partial charge in [0.1, 0.15) is 11.5 Å². The van der Waals surface area contributed by atoms with Gasteiger partial charge in [0, 0.05) is 30.1 Å². The van der Waals surface area contributed by atoms with Gasteiger partial charge in [-0.1, -0.05) is 6.92 Å². The van der Waals surface area contributed by atoms with Crippen LogP contribution in [0.2, 0.25) is 0 Å². The molecular formula is C13H16N2O2S. The zero-order valence-corrected chi connectivity index (χ0v) is 11.5. The molecule has 0 saturated carbocycles. The van der Waals surface area contributed by atoms with E-state index in [9.17, 15) is 0 Å². The molecule has 0 spiro atoms. The summed E-state index contributed by atoms with van der Waals surface area (Å²) in [6, 6.07) is 5.71. The molecule has 1 aromatic carbocycles. The first-order valence-electron chi connectivity index (χ1n) is 5.72. The van der Waals surface area contributed by atoms with Crippen LogP contribution in [-0.4, -0.2) is 23.8 Å². The number of methoxy groups -OCH3 is 2. The first-order chi connectivity index (χ1) is 8.69. The number of aryl methyl sites for hydroxylation is 1. The molecular weight excluding hydrogens is 248 g/mol. The minimum atomic E-state index is 0.669.